The lowest BCUT2D eigenvalue weighted by atomic mass is 9.83. The molecule has 3 nitrogen and oxygen atoms in total. The van der Waals surface area contributed by atoms with E-state index in [1.54, 1.807) is 0 Å². The lowest BCUT2D eigenvalue weighted by molar-refractivity contribution is 0.0724. The smallest absolute Gasteiger partial charge is 0.0632 e. The van der Waals surface area contributed by atoms with Gasteiger partial charge in [-0.15, -0.1) is 0 Å². The maximum Gasteiger partial charge on any atom is 0.0632 e. The molecule has 2 aliphatic rings. The Kier molecular flexibility index (Phi) is 4.00. The van der Waals surface area contributed by atoms with Gasteiger partial charge in [0, 0.05) is 24.7 Å². The average Bonchev–Trinajstić information content (AvgIpc) is 2.29. The molecule has 0 aromatic rings. The van der Waals surface area contributed by atoms with E-state index in [1.165, 1.54) is 32.1 Å². The molecule has 1 unspecified atom stereocenters. The Balaban J connectivity index is 1.70. The Bertz CT molecular complexity index is 184. The van der Waals surface area contributed by atoms with Gasteiger partial charge in [0.2, 0.25) is 0 Å². The van der Waals surface area contributed by atoms with Crippen LogP contribution in [0.4, 0.5) is 0 Å². The molecule has 2 fully saturated rings. The van der Waals surface area contributed by atoms with E-state index < -0.39 is 0 Å². The summed E-state index contributed by atoms with van der Waals surface area (Å²) in [5, 5.41) is 7.21. The maximum atomic E-state index is 5.45. The molecule has 0 bridgehead atoms. The average molecular weight is 212 g/mol. The summed E-state index contributed by atoms with van der Waals surface area (Å²) in [6, 6.07) is 0.512. The van der Waals surface area contributed by atoms with E-state index in [9.17, 15) is 0 Å². The van der Waals surface area contributed by atoms with E-state index in [2.05, 4.69) is 17.6 Å². The van der Waals surface area contributed by atoms with Crippen molar-refractivity contribution in [2.24, 2.45) is 0 Å². The fourth-order valence-corrected chi connectivity index (χ4v) is 2.63. The number of morpholine rings is 1. The summed E-state index contributed by atoms with van der Waals surface area (Å²) in [4.78, 5) is 0. The Morgan fingerprint density at radius 1 is 1.33 bits per heavy atom. The van der Waals surface area contributed by atoms with Crippen LogP contribution in [0.15, 0.2) is 0 Å². The topological polar surface area (TPSA) is 33.3 Å². The zero-order valence-corrected chi connectivity index (χ0v) is 9.85. The van der Waals surface area contributed by atoms with Crippen molar-refractivity contribution in [1.29, 1.82) is 0 Å². The van der Waals surface area contributed by atoms with Crippen molar-refractivity contribution in [2.45, 2.75) is 50.6 Å². The Labute approximate surface area is 93.0 Å². The zero-order chi connectivity index (χ0) is 10.6. The number of nitrogens with one attached hydrogen (secondary N) is 2. The van der Waals surface area contributed by atoms with E-state index in [-0.39, 0.29) is 0 Å². The predicted octanol–water partition coefficient (Wildman–Crippen LogP) is 1.29. The lowest BCUT2D eigenvalue weighted by Gasteiger charge is -2.37. The minimum absolute atomic E-state index is 0.386. The minimum Gasteiger partial charge on any atom is -0.378 e. The summed E-state index contributed by atoms with van der Waals surface area (Å²) in [5.41, 5.74) is 0.386. The van der Waals surface area contributed by atoms with Gasteiger partial charge in [0.05, 0.1) is 13.2 Å². The van der Waals surface area contributed by atoms with Crippen LogP contribution in [0.5, 0.6) is 0 Å². The molecule has 2 rings (SSSR count). The zero-order valence-electron chi connectivity index (χ0n) is 9.85. The molecule has 1 saturated carbocycles. The molecule has 0 amide bonds. The largest absolute Gasteiger partial charge is 0.378 e. The number of rotatable bonds is 3. The molecule has 3 heteroatoms. The summed E-state index contributed by atoms with van der Waals surface area (Å²) in [6.45, 7) is 6.16. The standard InChI is InChI=1S/C12H24N2O/c1-12(5-3-2-4-6-12)14-9-11-10-15-8-7-13-11/h11,13-14H,2-10H2,1H3. The van der Waals surface area contributed by atoms with Gasteiger partial charge in [0.1, 0.15) is 0 Å². The van der Waals surface area contributed by atoms with Crippen molar-refractivity contribution in [3.63, 3.8) is 0 Å². The van der Waals surface area contributed by atoms with E-state index in [1.807, 2.05) is 0 Å². The normalized spacial score (nSPS) is 31.4. The van der Waals surface area contributed by atoms with E-state index in [0.717, 1.165) is 26.3 Å². The van der Waals surface area contributed by atoms with Crippen molar-refractivity contribution in [2.75, 3.05) is 26.3 Å². The first kappa shape index (κ1) is 11.4. The van der Waals surface area contributed by atoms with Gasteiger partial charge in [-0.3, -0.25) is 0 Å². The third kappa shape index (κ3) is 3.44. The van der Waals surface area contributed by atoms with Gasteiger partial charge in [0.15, 0.2) is 0 Å². The molecule has 1 aliphatic carbocycles. The van der Waals surface area contributed by atoms with E-state index in [0.29, 0.717) is 11.6 Å². The van der Waals surface area contributed by atoms with Gasteiger partial charge in [-0.2, -0.15) is 0 Å². The third-order valence-corrected chi connectivity index (χ3v) is 3.73. The summed E-state index contributed by atoms with van der Waals surface area (Å²) < 4.78 is 5.45. The highest BCUT2D eigenvalue weighted by Crippen LogP contribution is 2.27. The molecular formula is C12H24N2O. The molecule has 1 aliphatic heterocycles. The SMILES string of the molecule is CC1(NCC2COCCN2)CCCCC1. The number of ether oxygens (including phenoxy) is 1. The minimum atomic E-state index is 0.386. The molecule has 15 heavy (non-hydrogen) atoms. The Morgan fingerprint density at radius 3 is 2.80 bits per heavy atom. The van der Waals surface area contributed by atoms with Crippen LogP contribution < -0.4 is 10.6 Å². The fraction of sp³-hybridized carbons (Fsp3) is 1.00. The van der Waals surface area contributed by atoms with Gasteiger partial charge in [0.25, 0.3) is 0 Å². The second-order valence-electron chi connectivity index (χ2n) is 5.23. The molecular weight excluding hydrogens is 188 g/mol. The summed E-state index contributed by atoms with van der Waals surface area (Å²) in [6.07, 6.45) is 6.86. The van der Waals surface area contributed by atoms with Gasteiger partial charge < -0.3 is 15.4 Å². The lowest BCUT2D eigenvalue weighted by Crippen LogP contribution is -2.53. The first-order valence-corrected chi connectivity index (χ1v) is 6.35. The summed E-state index contributed by atoms with van der Waals surface area (Å²) >= 11 is 0. The monoisotopic (exact) mass is 212 g/mol. The van der Waals surface area contributed by atoms with Crippen molar-refractivity contribution in [1.82, 2.24) is 10.6 Å². The molecule has 1 atom stereocenters. The van der Waals surface area contributed by atoms with Gasteiger partial charge in [-0.1, -0.05) is 19.3 Å². The molecule has 2 N–H and O–H groups in total. The molecule has 1 heterocycles. The van der Waals surface area contributed by atoms with Crippen LogP contribution >= 0.6 is 0 Å². The van der Waals surface area contributed by atoms with Gasteiger partial charge in [-0.05, 0) is 19.8 Å². The van der Waals surface area contributed by atoms with Crippen molar-refractivity contribution in [3.05, 3.63) is 0 Å². The molecule has 1 saturated heterocycles. The number of hydrogen-bond donors (Lipinski definition) is 2. The van der Waals surface area contributed by atoms with Crippen LogP contribution in [0.1, 0.15) is 39.0 Å². The van der Waals surface area contributed by atoms with Crippen molar-refractivity contribution >= 4 is 0 Å². The van der Waals surface area contributed by atoms with Crippen molar-refractivity contribution in [3.8, 4) is 0 Å². The molecule has 0 spiro atoms. The van der Waals surface area contributed by atoms with E-state index in [4.69, 9.17) is 4.74 Å². The fourth-order valence-electron chi connectivity index (χ4n) is 2.63. The summed E-state index contributed by atoms with van der Waals surface area (Å²) in [5.74, 6) is 0. The van der Waals surface area contributed by atoms with Crippen LogP contribution in [-0.2, 0) is 4.74 Å². The van der Waals surface area contributed by atoms with Crippen LogP contribution in [-0.4, -0.2) is 37.9 Å². The van der Waals surface area contributed by atoms with Crippen LogP contribution in [0.2, 0.25) is 0 Å². The first-order chi connectivity index (χ1) is 7.29. The Morgan fingerprint density at radius 2 is 2.13 bits per heavy atom. The molecule has 0 aromatic heterocycles. The molecule has 0 aromatic carbocycles. The third-order valence-electron chi connectivity index (χ3n) is 3.73. The molecule has 88 valence electrons. The predicted molar refractivity (Wildman–Crippen MR) is 62.1 cm³/mol. The highest BCUT2D eigenvalue weighted by molar-refractivity contribution is 4.88. The highest BCUT2D eigenvalue weighted by Gasteiger charge is 2.27. The summed E-state index contributed by atoms with van der Waals surface area (Å²) in [7, 11) is 0. The van der Waals surface area contributed by atoms with Gasteiger partial charge in [-0.25, -0.2) is 0 Å². The van der Waals surface area contributed by atoms with Gasteiger partial charge >= 0.3 is 0 Å². The highest BCUT2D eigenvalue weighted by atomic mass is 16.5. The van der Waals surface area contributed by atoms with Crippen LogP contribution in [0, 0.1) is 0 Å². The Hall–Kier alpha value is -0.120. The van der Waals surface area contributed by atoms with Crippen LogP contribution in [0.3, 0.4) is 0 Å². The quantitative estimate of drug-likeness (QED) is 0.739. The maximum absolute atomic E-state index is 5.45. The van der Waals surface area contributed by atoms with Crippen molar-refractivity contribution < 1.29 is 4.74 Å². The second-order valence-corrected chi connectivity index (χ2v) is 5.23. The van der Waals surface area contributed by atoms with E-state index >= 15 is 0 Å². The second kappa shape index (κ2) is 5.28. The first-order valence-electron chi connectivity index (χ1n) is 6.35. The number of hydrogen-bond acceptors (Lipinski definition) is 3. The molecule has 0 radical (unpaired) electrons. The van der Waals surface area contributed by atoms with Crippen LogP contribution in [0.25, 0.3) is 0 Å².